The van der Waals surface area contributed by atoms with E-state index in [0.717, 1.165) is 13.1 Å². The summed E-state index contributed by atoms with van der Waals surface area (Å²) in [5, 5.41) is 0.713. The zero-order chi connectivity index (χ0) is 11.5. The van der Waals surface area contributed by atoms with E-state index in [2.05, 4.69) is 31.9 Å². The molecule has 0 atom stereocenters. The zero-order valence-corrected chi connectivity index (χ0v) is 13.5. The monoisotopic (exact) mass is 382 g/mol. The Morgan fingerprint density at radius 1 is 1.44 bits per heavy atom. The molecule has 0 saturated heterocycles. The average molecular weight is 384 g/mol. The molecule has 1 aliphatic carbocycles. The second-order valence-corrected chi connectivity index (χ2v) is 8.92. The molecule has 1 fully saturated rings. The number of hydrogen-bond acceptors (Lipinski definition) is 3. The summed E-state index contributed by atoms with van der Waals surface area (Å²) in [6.45, 7) is 0. The Morgan fingerprint density at radius 2 is 2.12 bits per heavy atom. The van der Waals surface area contributed by atoms with Crippen molar-refractivity contribution in [3.05, 3.63) is 19.2 Å². The molecule has 5 heteroatoms. The van der Waals surface area contributed by atoms with Crippen molar-refractivity contribution in [2.45, 2.75) is 30.9 Å². The number of thioether (sulfide) groups is 1. The Balaban J connectivity index is 1.90. The van der Waals surface area contributed by atoms with E-state index in [1.54, 1.807) is 11.3 Å². The van der Waals surface area contributed by atoms with Crippen molar-refractivity contribution in [3.8, 4) is 0 Å². The molecule has 1 heterocycles. The number of carbonyl (C=O) groups is 1. The summed E-state index contributed by atoms with van der Waals surface area (Å²) in [5.74, 6) is 0.859. The Kier molecular flexibility index (Phi) is 4.94. The molecule has 0 unspecified atom stereocenters. The summed E-state index contributed by atoms with van der Waals surface area (Å²) in [6.07, 6.45) is 5.23. The summed E-state index contributed by atoms with van der Waals surface area (Å²) in [7, 11) is 0. The van der Waals surface area contributed by atoms with Gasteiger partial charge in [0, 0.05) is 10.8 Å². The van der Waals surface area contributed by atoms with Gasteiger partial charge in [-0.15, -0.1) is 11.3 Å². The van der Waals surface area contributed by atoms with Crippen LogP contribution in [-0.2, 0) is 0 Å². The number of hydrogen-bond donors (Lipinski definition) is 0. The van der Waals surface area contributed by atoms with Crippen LogP contribution in [0, 0.1) is 0 Å². The van der Waals surface area contributed by atoms with Gasteiger partial charge >= 0.3 is 0 Å². The highest BCUT2D eigenvalue weighted by atomic mass is 79.9. The molecule has 0 bridgehead atoms. The van der Waals surface area contributed by atoms with E-state index in [-0.39, 0.29) is 5.78 Å². The maximum atomic E-state index is 12.0. The minimum absolute atomic E-state index is 0.241. The smallest absolute Gasteiger partial charge is 0.174 e. The van der Waals surface area contributed by atoms with Crippen LogP contribution in [0.15, 0.2) is 13.6 Å². The summed E-state index contributed by atoms with van der Waals surface area (Å²) >= 11 is 10.2. The topological polar surface area (TPSA) is 17.1 Å². The van der Waals surface area contributed by atoms with Gasteiger partial charge in [0.2, 0.25) is 0 Å². The lowest BCUT2D eigenvalue weighted by Gasteiger charge is -2.06. The quantitative estimate of drug-likeness (QED) is 0.670. The summed E-state index contributed by atoms with van der Waals surface area (Å²) in [5.41, 5.74) is 0.822. The van der Waals surface area contributed by atoms with E-state index in [0.29, 0.717) is 11.0 Å². The Labute approximate surface area is 121 Å². The lowest BCUT2D eigenvalue weighted by molar-refractivity contribution is 0.102. The van der Waals surface area contributed by atoms with Crippen LogP contribution in [0.1, 0.15) is 36.0 Å². The van der Waals surface area contributed by atoms with Crippen LogP contribution >= 0.6 is 55.0 Å². The molecular weight excluding hydrogens is 372 g/mol. The van der Waals surface area contributed by atoms with E-state index in [1.807, 2.05) is 17.8 Å². The lowest BCUT2D eigenvalue weighted by atomic mass is 10.2. The molecule has 1 aromatic rings. The van der Waals surface area contributed by atoms with Crippen LogP contribution in [-0.4, -0.2) is 16.8 Å². The number of carbonyl (C=O) groups excluding carboxylic acids is 1. The summed E-state index contributed by atoms with van der Waals surface area (Å²) in [4.78, 5) is 12.0. The largest absolute Gasteiger partial charge is 0.293 e. The van der Waals surface area contributed by atoms with Crippen LogP contribution in [0.5, 0.6) is 0 Å². The summed E-state index contributed by atoms with van der Waals surface area (Å²) in [6, 6.07) is 1.91. The van der Waals surface area contributed by atoms with Gasteiger partial charge in [0.25, 0.3) is 0 Å². The zero-order valence-electron chi connectivity index (χ0n) is 8.67. The second kappa shape index (κ2) is 6.03. The number of thiophene rings is 1. The third-order valence-electron chi connectivity index (χ3n) is 2.71. The fraction of sp³-hybridized carbons (Fsp3) is 0.545. The van der Waals surface area contributed by atoms with E-state index in [4.69, 9.17) is 0 Å². The van der Waals surface area contributed by atoms with E-state index < -0.39 is 0 Å². The fourth-order valence-corrected chi connectivity index (χ4v) is 5.92. The average Bonchev–Trinajstić information content (AvgIpc) is 2.84. The second-order valence-electron chi connectivity index (χ2n) is 3.88. The molecule has 0 spiro atoms. The van der Waals surface area contributed by atoms with Gasteiger partial charge in [0.1, 0.15) is 0 Å². The van der Waals surface area contributed by atoms with Crippen LogP contribution in [0.2, 0.25) is 0 Å². The highest BCUT2D eigenvalue weighted by molar-refractivity contribution is 9.12. The Hall–Kier alpha value is 0.680. The van der Waals surface area contributed by atoms with Crippen molar-refractivity contribution < 1.29 is 4.79 Å². The highest BCUT2D eigenvalue weighted by Crippen LogP contribution is 2.34. The van der Waals surface area contributed by atoms with Crippen molar-refractivity contribution in [1.82, 2.24) is 0 Å². The minimum atomic E-state index is 0.241. The molecule has 16 heavy (non-hydrogen) atoms. The summed E-state index contributed by atoms with van der Waals surface area (Å²) < 4.78 is 1.95. The molecule has 1 aliphatic rings. The number of ketones is 1. The Morgan fingerprint density at radius 3 is 2.69 bits per heavy atom. The standard InChI is InChI=1S/C11H12Br2OS2/c12-10-5-8(11(13)16-10)9(14)6-15-7-3-1-2-4-7/h5,7H,1-4,6H2. The van der Waals surface area contributed by atoms with Crippen molar-refractivity contribution in [3.63, 3.8) is 0 Å². The molecule has 1 nitrogen and oxygen atoms in total. The molecular formula is C11H12Br2OS2. The lowest BCUT2D eigenvalue weighted by Crippen LogP contribution is -2.05. The van der Waals surface area contributed by atoms with Gasteiger partial charge in [-0.2, -0.15) is 11.8 Å². The first-order valence-electron chi connectivity index (χ1n) is 5.26. The van der Waals surface area contributed by atoms with Crippen LogP contribution in [0.4, 0.5) is 0 Å². The van der Waals surface area contributed by atoms with Gasteiger partial charge in [-0.3, -0.25) is 4.79 Å². The fourth-order valence-electron chi connectivity index (χ4n) is 1.86. The first kappa shape index (κ1) is 13.1. The molecule has 0 aliphatic heterocycles. The van der Waals surface area contributed by atoms with Gasteiger partial charge in [-0.1, -0.05) is 12.8 Å². The Bertz CT molecular complexity index is 383. The molecule has 88 valence electrons. The SMILES string of the molecule is O=C(CSC1CCCC1)c1cc(Br)sc1Br. The molecule has 0 amide bonds. The van der Waals surface area contributed by atoms with E-state index >= 15 is 0 Å². The van der Waals surface area contributed by atoms with Gasteiger partial charge in [0.05, 0.1) is 13.3 Å². The van der Waals surface area contributed by atoms with Gasteiger partial charge in [-0.05, 0) is 50.8 Å². The maximum Gasteiger partial charge on any atom is 0.174 e. The van der Waals surface area contributed by atoms with Crippen LogP contribution in [0.25, 0.3) is 0 Å². The molecule has 0 radical (unpaired) electrons. The third kappa shape index (κ3) is 3.34. The predicted octanol–water partition coefficient (Wildman–Crippen LogP) is 5.13. The van der Waals surface area contributed by atoms with Gasteiger partial charge in [0.15, 0.2) is 5.78 Å². The first-order valence-corrected chi connectivity index (χ1v) is 8.71. The molecule has 0 N–H and O–H groups in total. The highest BCUT2D eigenvalue weighted by Gasteiger charge is 2.19. The molecule has 1 aromatic heterocycles. The van der Waals surface area contributed by atoms with Crippen molar-refractivity contribution in [2.24, 2.45) is 0 Å². The van der Waals surface area contributed by atoms with Crippen LogP contribution < -0.4 is 0 Å². The van der Waals surface area contributed by atoms with Gasteiger partial charge in [-0.25, -0.2) is 0 Å². The number of rotatable bonds is 4. The van der Waals surface area contributed by atoms with Crippen molar-refractivity contribution in [2.75, 3.05) is 5.75 Å². The first-order chi connectivity index (χ1) is 7.66. The van der Waals surface area contributed by atoms with Gasteiger partial charge < -0.3 is 0 Å². The molecule has 2 rings (SSSR count). The maximum absolute atomic E-state index is 12.0. The van der Waals surface area contributed by atoms with Crippen molar-refractivity contribution >= 4 is 60.7 Å². The van der Waals surface area contributed by atoms with E-state index in [9.17, 15) is 4.79 Å². The molecule has 0 aromatic carbocycles. The minimum Gasteiger partial charge on any atom is -0.293 e. The van der Waals surface area contributed by atoms with Crippen LogP contribution in [0.3, 0.4) is 0 Å². The van der Waals surface area contributed by atoms with E-state index in [1.165, 1.54) is 25.7 Å². The number of halogens is 2. The molecule has 1 saturated carbocycles. The predicted molar refractivity (Wildman–Crippen MR) is 78.8 cm³/mol. The normalized spacial score (nSPS) is 16.9. The number of Topliss-reactive ketones (excluding diaryl/α,β-unsaturated/α-hetero) is 1. The third-order valence-corrected chi connectivity index (χ3v) is 6.42. The van der Waals surface area contributed by atoms with Crippen molar-refractivity contribution in [1.29, 1.82) is 0 Å².